The maximum atomic E-state index is 2.46. The molecule has 44 heavy (non-hydrogen) atoms. The van der Waals surface area contributed by atoms with Gasteiger partial charge in [0.2, 0.25) is 0 Å². The first kappa shape index (κ1) is 25.3. The van der Waals surface area contributed by atoms with Gasteiger partial charge < -0.3 is 0 Å². The van der Waals surface area contributed by atoms with Gasteiger partial charge in [-0.3, -0.25) is 0 Å². The number of rotatable bonds is 2. The topological polar surface area (TPSA) is 0 Å². The van der Waals surface area contributed by atoms with Crippen LogP contribution in [0.1, 0.15) is 22.3 Å². The van der Waals surface area contributed by atoms with Gasteiger partial charge in [-0.15, -0.1) is 0 Å². The maximum absolute atomic E-state index is 2.46. The van der Waals surface area contributed by atoms with E-state index in [4.69, 9.17) is 0 Å². The van der Waals surface area contributed by atoms with Crippen molar-refractivity contribution in [3.63, 3.8) is 0 Å². The van der Waals surface area contributed by atoms with Crippen LogP contribution in [-0.2, 0) is 0 Å². The van der Waals surface area contributed by atoms with Gasteiger partial charge in [0.15, 0.2) is 0 Å². The van der Waals surface area contributed by atoms with Gasteiger partial charge in [-0.1, -0.05) is 114 Å². The summed E-state index contributed by atoms with van der Waals surface area (Å²) >= 11 is 0. The summed E-state index contributed by atoms with van der Waals surface area (Å²) in [5, 5.41) is 10.5. The molecule has 8 aromatic rings. The highest BCUT2D eigenvalue weighted by atomic mass is 14.3. The van der Waals surface area contributed by atoms with Crippen LogP contribution in [0.3, 0.4) is 0 Å². The lowest BCUT2D eigenvalue weighted by Crippen LogP contribution is -1.97. The summed E-state index contributed by atoms with van der Waals surface area (Å²) in [6.07, 6.45) is 0. The van der Waals surface area contributed by atoms with Crippen LogP contribution in [0.2, 0.25) is 0 Å². The van der Waals surface area contributed by atoms with Crippen molar-refractivity contribution in [2.75, 3.05) is 0 Å². The average Bonchev–Trinajstić information content (AvgIpc) is 3.34. The molecule has 0 saturated carbocycles. The highest BCUT2D eigenvalue weighted by Crippen LogP contribution is 2.59. The van der Waals surface area contributed by atoms with Crippen molar-refractivity contribution in [3.8, 4) is 44.5 Å². The molecule has 0 spiro atoms. The quantitative estimate of drug-likeness (QED) is 0.146. The van der Waals surface area contributed by atoms with Crippen LogP contribution in [0, 0.1) is 27.7 Å². The monoisotopic (exact) mass is 560 g/mol. The van der Waals surface area contributed by atoms with Crippen molar-refractivity contribution in [2.24, 2.45) is 0 Å². The van der Waals surface area contributed by atoms with Gasteiger partial charge in [-0.05, 0) is 145 Å². The second kappa shape index (κ2) is 9.15. The van der Waals surface area contributed by atoms with Crippen LogP contribution >= 0.6 is 0 Å². The van der Waals surface area contributed by atoms with E-state index < -0.39 is 0 Å². The predicted octanol–water partition coefficient (Wildman–Crippen LogP) is 12.5. The van der Waals surface area contributed by atoms with E-state index in [2.05, 4.69) is 149 Å². The molecule has 208 valence electrons. The van der Waals surface area contributed by atoms with E-state index >= 15 is 0 Å². The van der Waals surface area contributed by atoms with Gasteiger partial charge in [-0.25, -0.2) is 0 Å². The Bertz CT molecular complexity index is 2480. The van der Waals surface area contributed by atoms with E-state index in [0.717, 1.165) is 0 Å². The van der Waals surface area contributed by atoms with E-state index in [0.29, 0.717) is 0 Å². The molecular weight excluding hydrogens is 528 g/mol. The summed E-state index contributed by atoms with van der Waals surface area (Å²) in [7, 11) is 0. The molecule has 0 saturated heterocycles. The van der Waals surface area contributed by atoms with Gasteiger partial charge >= 0.3 is 0 Å². The molecule has 0 atom stereocenters. The molecule has 9 rings (SSSR count). The van der Waals surface area contributed by atoms with Gasteiger partial charge in [0.1, 0.15) is 0 Å². The predicted molar refractivity (Wildman–Crippen MR) is 191 cm³/mol. The number of hydrogen-bond acceptors (Lipinski definition) is 0. The molecular formula is C44H32. The van der Waals surface area contributed by atoms with E-state index in [-0.39, 0.29) is 0 Å². The number of hydrogen-bond donors (Lipinski definition) is 0. The molecule has 1 aliphatic rings. The molecule has 0 unspecified atom stereocenters. The average molecular weight is 561 g/mol. The highest BCUT2D eigenvalue weighted by molar-refractivity contribution is 6.31. The van der Waals surface area contributed by atoms with Crippen molar-refractivity contribution < 1.29 is 0 Å². The first-order chi connectivity index (χ1) is 21.5. The van der Waals surface area contributed by atoms with Gasteiger partial charge in [0, 0.05) is 0 Å². The lowest BCUT2D eigenvalue weighted by atomic mass is 9.79. The molecule has 0 radical (unpaired) electrons. The van der Waals surface area contributed by atoms with Crippen molar-refractivity contribution in [1.82, 2.24) is 0 Å². The van der Waals surface area contributed by atoms with E-state index in [1.165, 1.54) is 110 Å². The summed E-state index contributed by atoms with van der Waals surface area (Å²) in [6, 6.07) is 45.8. The normalized spacial score (nSPS) is 12.1. The summed E-state index contributed by atoms with van der Waals surface area (Å²) in [5.41, 5.74) is 16.0. The minimum atomic E-state index is 1.28. The number of benzene rings is 8. The standard InChI is InChI=1S/C44H32/c1-25-19-26(2)21-32(20-25)40-36-22-29-13-5-6-14-30(29)23-37(36)43(39-27(3)11-9-12-28(39)4)44-38-24-31-15-7-8-16-33(31)34-17-10-18-35(41(34)38)42(40)44/h5-24H,1-4H3. The third kappa shape index (κ3) is 3.46. The number of aryl methyl sites for hydroxylation is 4. The van der Waals surface area contributed by atoms with Crippen LogP contribution in [0.25, 0.3) is 87.6 Å². The first-order valence-corrected chi connectivity index (χ1v) is 15.6. The summed E-state index contributed by atoms with van der Waals surface area (Å²) in [4.78, 5) is 0. The van der Waals surface area contributed by atoms with Gasteiger partial charge in [0.25, 0.3) is 0 Å². The molecule has 0 N–H and O–H groups in total. The second-order valence-electron chi connectivity index (χ2n) is 12.8. The largest absolute Gasteiger partial charge is 0.0617 e. The fourth-order valence-electron chi connectivity index (χ4n) is 8.17. The first-order valence-electron chi connectivity index (χ1n) is 15.6. The van der Waals surface area contributed by atoms with Crippen LogP contribution < -0.4 is 0 Å². The molecule has 0 fully saturated rings. The Balaban J connectivity index is 1.61. The fraction of sp³-hybridized carbons (Fsp3) is 0.0909. The van der Waals surface area contributed by atoms with Gasteiger partial charge in [0.05, 0.1) is 0 Å². The third-order valence-corrected chi connectivity index (χ3v) is 9.84. The van der Waals surface area contributed by atoms with Crippen molar-refractivity contribution in [2.45, 2.75) is 27.7 Å². The maximum Gasteiger partial charge on any atom is -0.000699 e. The fourth-order valence-corrected chi connectivity index (χ4v) is 8.17. The third-order valence-electron chi connectivity index (χ3n) is 9.84. The second-order valence-corrected chi connectivity index (χ2v) is 12.8. The Labute approximate surface area is 258 Å². The van der Waals surface area contributed by atoms with Crippen molar-refractivity contribution >= 4 is 43.1 Å². The van der Waals surface area contributed by atoms with E-state index in [9.17, 15) is 0 Å². The zero-order valence-corrected chi connectivity index (χ0v) is 25.5. The van der Waals surface area contributed by atoms with Crippen LogP contribution in [0.5, 0.6) is 0 Å². The van der Waals surface area contributed by atoms with Crippen LogP contribution in [-0.4, -0.2) is 0 Å². The van der Waals surface area contributed by atoms with E-state index in [1.54, 1.807) is 0 Å². The van der Waals surface area contributed by atoms with Crippen LogP contribution in [0.15, 0.2) is 121 Å². The zero-order chi connectivity index (χ0) is 29.7. The summed E-state index contributed by atoms with van der Waals surface area (Å²) in [5.74, 6) is 0. The Morgan fingerprint density at radius 1 is 0.341 bits per heavy atom. The Morgan fingerprint density at radius 3 is 1.61 bits per heavy atom. The van der Waals surface area contributed by atoms with E-state index in [1.807, 2.05) is 0 Å². The van der Waals surface area contributed by atoms with Crippen molar-refractivity contribution in [1.29, 1.82) is 0 Å². The Kier molecular flexibility index (Phi) is 5.26. The van der Waals surface area contributed by atoms with Gasteiger partial charge in [-0.2, -0.15) is 0 Å². The molecule has 0 bridgehead atoms. The van der Waals surface area contributed by atoms with Crippen molar-refractivity contribution in [3.05, 3.63) is 144 Å². The smallest absolute Gasteiger partial charge is 0.000699 e. The molecule has 0 aliphatic heterocycles. The molecule has 8 aromatic carbocycles. The molecule has 0 amide bonds. The molecule has 0 nitrogen and oxygen atoms in total. The summed E-state index contributed by atoms with van der Waals surface area (Å²) in [6.45, 7) is 9.00. The minimum absolute atomic E-state index is 1.28. The molecule has 0 heteroatoms. The zero-order valence-electron chi connectivity index (χ0n) is 25.5. The summed E-state index contributed by atoms with van der Waals surface area (Å²) < 4.78 is 0. The Morgan fingerprint density at radius 2 is 0.909 bits per heavy atom. The molecule has 0 heterocycles. The lowest BCUT2D eigenvalue weighted by Gasteiger charge is -2.23. The lowest BCUT2D eigenvalue weighted by molar-refractivity contribution is 1.38. The SMILES string of the molecule is Cc1cc(C)cc(-c2c3c(c(-c4c(C)cccc4C)c4cc5ccccc5cc24)-c2cc4ccccc4c4cccc-3c24)c1. The van der Waals surface area contributed by atoms with Crippen LogP contribution in [0.4, 0.5) is 0 Å². The Hall–Kier alpha value is -5.20. The molecule has 1 aliphatic carbocycles. The molecule has 0 aromatic heterocycles. The highest BCUT2D eigenvalue weighted by Gasteiger charge is 2.32. The number of fused-ring (bicyclic) bond motifs is 7. The minimum Gasteiger partial charge on any atom is -0.0617 e.